The molecule has 1 N–H and O–H groups in total. The van der Waals surface area contributed by atoms with E-state index in [0.29, 0.717) is 16.8 Å². The molecule has 3 rings (SSSR count). The molecular weight excluding hydrogens is 387 g/mol. The highest BCUT2D eigenvalue weighted by Gasteiger charge is 2.17. The lowest BCUT2D eigenvalue weighted by molar-refractivity contribution is -0.385. The van der Waals surface area contributed by atoms with Gasteiger partial charge in [0.05, 0.1) is 11.5 Å². The SMILES string of the molecule is Cc1ccc(C(=O)Nc2cc(C)n(Cc3c(F)cccc3Cl)n2)cc1[N+](=O)[O-]. The molecule has 0 fully saturated rings. The van der Waals surface area contributed by atoms with Crippen LogP contribution >= 0.6 is 11.6 Å². The second-order valence-corrected chi connectivity index (χ2v) is 6.65. The van der Waals surface area contributed by atoms with Crippen molar-refractivity contribution < 1.29 is 14.1 Å². The summed E-state index contributed by atoms with van der Waals surface area (Å²) in [5.74, 6) is -0.727. The number of aromatic nitrogens is 2. The van der Waals surface area contributed by atoms with E-state index >= 15 is 0 Å². The molecule has 2 aromatic carbocycles. The van der Waals surface area contributed by atoms with Gasteiger partial charge in [-0.3, -0.25) is 19.6 Å². The van der Waals surface area contributed by atoms with E-state index in [2.05, 4.69) is 10.4 Å². The second kappa shape index (κ2) is 7.77. The minimum Gasteiger partial charge on any atom is -0.305 e. The molecule has 1 amide bonds. The number of benzene rings is 2. The van der Waals surface area contributed by atoms with Gasteiger partial charge in [0.25, 0.3) is 11.6 Å². The number of hydrogen-bond acceptors (Lipinski definition) is 4. The summed E-state index contributed by atoms with van der Waals surface area (Å²) in [7, 11) is 0. The van der Waals surface area contributed by atoms with Crippen molar-refractivity contribution in [2.75, 3.05) is 5.32 Å². The number of nitro benzene ring substituents is 1. The smallest absolute Gasteiger partial charge is 0.273 e. The molecule has 0 aliphatic rings. The Labute approximate surface area is 164 Å². The van der Waals surface area contributed by atoms with Crippen molar-refractivity contribution in [1.29, 1.82) is 0 Å². The molecular formula is C19H16ClFN4O3. The Kier molecular flexibility index (Phi) is 5.41. The first kappa shape index (κ1) is 19.5. The first-order chi connectivity index (χ1) is 13.3. The van der Waals surface area contributed by atoms with Gasteiger partial charge in [-0.15, -0.1) is 0 Å². The first-order valence-corrected chi connectivity index (χ1v) is 8.68. The molecule has 9 heteroatoms. The minimum atomic E-state index is -0.539. The number of hydrogen-bond donors (Lipinski definition) is 1. The summed E-state index contributed by atoms with van der Waals surface area (Å²) in [4.78, 5) is 22.9. The third kappa shape index (κ3) is 4.01. The summed E-state index contributed by atoms with van der Waals surface area (Å²) in [5, 5.41) is 18.2. The van der Waals surface area contributed by atoms with Gasteiger partial charge in [0.1, 0.15) is 5.82 Å². The van der Waals surface area contributed by atoms with Gasteiger partial charge in [0.15, 0.2) is 5.82 Å². The van der Waals surface area contributed by atoms with Gasteiger partial charge in [-0.2, -0.15) is 5.10 Å². The monoisotopic (exact) mass is 402 g/mol. The third-order valence-corrected chi connectivity index (χ3v) is 4.61. The summed E-state index contributed by atoms with van der Waals surface area (Å²) >= 11 is 6.05. The highest BCUT2D eigenvalue weighted by molar-refractivity contribution is 6.31. The Morgan fingerprint density at radius 3 is 2.71 bits per heavy atom. The molecule has 0 aliphatic heterocycles. The largest absolute Gasteiger partial charge is 0.305 e. The van der Waals surface area contributed by atoms with Gasteiger partial charge in [0, 0.05) is 39.5 Å². The highest BCUT2D eigenvalue weighted by atomic mass is 35.5. The van der Waals surface area contributed by atoms with E-state index in [1.807, 2.05) is 0 Å². The van der Waals surface area contributed by atoms with Crippen molar-refractivity contribution >= 4 is 29.0 Å². The molecule has 0 saturated heterocycles. The van der Waals surface area contributed by atoms with E-state index in [4.69, 9.17) is 11.6 Å². The average molecular weight is 403 g/mol. The number of anilines is 1. The number of rotatable bonds is 5. The van der Waals surface area contributed by atoms with E-state index in [9.17, 15) is 19.3 Å². The van der Waals surface area contributed by atoms with E-state index in [1.54, 1.807) is 26.0 Å². The minimum absolute atomic E-state index is 0.100. The Morgan fingerprint density at radius 2 is 2.04 bits per heavy atom. The molecule has 0 spiro atoms. The number of nitrogens with zero attached hydrogens (tertiary/aromatic N) is 3. The fourth-order valence-corrected chi connectivity index (χ4v) is 2.92. The zero-order chi connectivity index (χ0) is 20.4. The van der Waals surface area contributed by atoms with E-state index < -0.39 is 16.6 Å². The normalized spacial score (nSPS) is 10.7. The molecule has 144 valence electrons. The Morgan fingerprint density at radius 1 is 1.29 bits per heavy atom. The topological polar surface area (TPSA) is 90.1 Å². The quantitative estimate of drug-likeness (QED) is 0.502. The van der Waals surface area contributed by atoms with Crippen molar-refractivity contribution in [2.45, 2.75) is 20.4 Å². The fraction of sp³-hybridized carbons (Fsp3) is 0.158. The molecule has 1 heterocycles. The maximum absolute atomic E-state index is 14.0. The van der Waals surface area contributed by atoms with Gasteiger partial charge in [-0.25, -0.2) is 4.39 Å². The molecule has 28 heavy (non-hydrogen) atoms. The van der Waals surface area contributed by atoms with Crippen LogP contribution in [0.5, 0.6) is 0 Å². The molecule has 0 saturated carbocycles. The van der Waals surface area contributed by atoms with Crippen LogP contribution in [0, 0.1) is 29.8 Å². The van der Waals surface area contributed by atoms with Crippen LogP contribution in [0.15, 0.2) is 42.5 Å². The van der Waals surface area contributed by atoms with Crippen LogP contribution in [0.1, 0.15) is 27.2 Å². The van der Waals surface area contributed by atoms with Crippen molar-refractivity contribution in [3.05, 3.63) is 85.8 Å². The number of carbonyl (C=O) groups excluding carboxylic acids is 1. The van der Waals surface area contributed by atoms with Crippen LogP contribution in [0.4, 0.5) is 15.9 Å². The first-order valence-electron chi connectivity index (χ1n) is 8.30. The van der Waals surface area contributed by atoms with Gasteiger partial charge in [0.2, 0.25) is 0 Å². The predicted molar refractivity (Wildman–Crippen MR) is 103 cm³/mol. The molecule has 7 nitrogen and oxygen atoms in total. The van der Waals surface area contributed by atoms with Crippen molar-refractivity contribution in [2.24, 2.45) is 0 Å². The number of carbonyl (C=O) groups is 1. The zero-order valence-corrected chi connectivity index (χ0v) is 15.8. The van der Waals surface area contributed by atoms with E-state index in [1.165, 1.54) is 35.0 Å². The maximum atomic E-state index is 14.0. The van der Waals surface area contributed by atoms with Crippen LogP contribution in [0.3, 0.4) is 0 Å². The van der Waals surface area contributed by atoms with E-state index in [0.717, 1.165) is 0 Å². The maximum Gasteiger partial charge on any atom is 0.273 e. The van der Waals surface area contributed by atoms with Crippen LogP contribution in [0.25, 0.3) is 0 Å². The van der Waals surface area contributed by atoms with Crippen LogP contribution < -0.4 is 5.32 Å². The summed E-state index contributed by atoms with van der Waals surface area (Å²) in [6.07, 6.45) is 0. The van der Waals surface area contributed by atoms with Crippen LogP contribution in [-0.2, 0) is 6.54 Å². The fourth-order valence-electron chi connectivity index (χ4n) is 2.70. The lowest BCUT2D eigenvalue weighted by Gasteiger charge is -2.08. The lowest BCUT2D eigenvalue weighted by Crippen LogP contribution is -2.13. The summed E-state index contributed by atoms with van der Waals surface area (Å²) in [5.41, 5.74) is 1.44. The zero-order valence-electron chi connectivity index (χ0n) is 15.1. The number of halogens is 2. The molecule has 3 aromatic rings. The van der Waals surface area contributed by atoms with Gasteiger partial charge in [-0.1, -0.05) is 23.7 Å². The number of aryl methyl sites for hydroxylation is 2. The van der Waals surface area contributed by atoms with Crippen LogP contribution in [0.2, 0.25) is 5.02 Å². The van der Waals surface area contributed by atoms with Crippen molar-refractivity contribution in [3.8, 4) is 0 Å². The Bertz CT molecular complexity index is 1060. The predicted octanol–water partition coefficient (Wildman–Crippen LogP) is 4.50. The molecule has 0 aliphatic carbocycles. The van der Waals surface area contributed by atoms with Gasteiger partial charge in [-0.05, 0) is 32.0 Å². The molecule has 0 radical (unpaired) electrons. The number of nitrogens with one attached hydrogen (secondary N) is 1. The molecule has 0 unspecified atom stereocenters. The van der Waals surface area contributed by atoms with E-state index in [-0.39, 0.29) is 28.6 Å². The Hall–Kier alpha value is -3.26. The van der Waals surface area contributed by atoms with Crippen molar-refractivity contribution in [1.82, 2.24) is 9.78 Å². The second-order valence-electron chi connectivity index (χ2n) is 6.24. The lowest BCUT2D eigenvalue weighted by atomic mass is 10.1. The summed E-state index contributed by atoms with van der Waals surface area (Å²) in [6, 6.07) is 10.3. The average Bonchev–Trinajstić information content (AvgIpc) is 2.97. The molecule has 0 atom stereocenters. The van der Waals surface area contributed by atoms with Crippen LogP contribution in [-0.4, -0.2) is 20.6 Å². The highest BCUT2D eigenvalue weighted by Crippen LogP contribution is 2.22. The third-order valence-electron chi connectivity index (χ3n) is 4.26. The summed E-state index contributed by atoms with van der Waals surface area (Å²) < 4.78 is 15.5. The number of nitro groups is 1. The van der Waals surface area contributed by atoms with Gasteiger partial charge >= 0.3 is 0 Å². The Balaban J connectivity index is 1.81. The summed E-state index contributed by atoms with van der Waals surface area (Å²) in [6.45, 7) is 3.45. The standard InChI is InChI=1S/C19H16ClFN4O3/c1-11-6-7-13(9-17(11)25(27)28)19(26)22-18-8-12(2)24(23-18)10-14-15(20)4-3-5-16(14)21/h3-9H,10H2,1-2H3,(H,22,23,26). The van der Waals surface area contributed by atoms with Crippen molar-refractivity contribution in [3.63, 3.8) is 0 Å². The number of amides is 1. The molecule has 1 aromatic heterocycles. The molecule has 0 bridgehead atoms. The van der Waals surface area contributed by atoms with Gasteiger partial charge < -0.3 is 5.32 Å².